The molecule has 4 atom stereocenters. The highest BCUT2D eigenvalue weighted by molar-refractivity contribution is 7.99. The second-order valence-corrected chi connectivity index (χ2v) is 13.8. The first-order valence-corrected chi connectivity index (χ1v) is 16.4. The molecular formula is C32H46N4O6S. The Labute approximate surface area is 259 Å². The van der Waals surface area contributed by atoms with Gasteiger partial charge in [0.05, 0.1) is 13.2 Å². The summed E-state index contributed by atoms with van der Waals surface area (Å²) in [6, 6.07) is 6.75. The van der Waals surface area contributed by atoms with E-state index in [4.69, 9.17) is 14.2 Å². The number of ether oxygens (including phenoxy) is 3. The minimum atomic E-state index is -1.01. The predicted molar refractivity (Wildman–Crippen MR) is 165 cm³/mol. The molecule has 1 saturated heterocycles. The van der Waals surface area contributed by atoms with Crippen molar-refractivity contribution in [3.05, 3.63) is 42.0 Å². The number of allylic oxidation sites excluding steroid dienone is 1. The van der Waals surface area contributed by atoms with Crippen molar-refractivity contribution >= 4 is 29.8 Å². The van der Waals surface area contributed by atoms with Crippen LogP contribution in [0.3, 0.4) is 0 Å². The molecule has 4 amide bonds. The van der Waals surface area contributed by atoms with E-state index < -0.39 is 11.6 Å². The Morgan fingerprint density at radius 3 is 2.67 bits per heavy atom. The Balaban J connectivity index is 1.38. The number of methoxy groups -OCH3 is 1. The summed E-state index contributed by atoms with van der Waals surface area (Å²) in [7, 11) is 1.63. The highest BCUT2D eigenvalue weighted by Crippen LogP contribution is 2.49. The predicted octanol–water partition coefficient (Wildman–Crippen LogP) is 4.39. The third kappa shape index (κ3) is 7.85. The number of nitrogens with zero attached hydrogens (tertiary/aromatic N) is 2. The van der Waals surface area contributed by atoms with E-state index in [9.17, 15) is 14.4 Å². The third-order valence-corrected chi connectivity index (χ3v) is 10.2. The zero-order chi connectivity index (χ0) is 30.5. The van der Waals surface area contributed by atoms with Crippen molar-refractivity contribution in [2.24, 2.45) is 5.92 Å². The molecule has 236 valence electrons. The van der Waals surface area contributed by atoms with Crippen molar-refractivity contribution in [3.8, 4) is 5.75 Å². The second kappa shape index (κ2) is 13.9. The minimum Gasteiger partial charge on any atom is -0.497 e. The summed E-state index contributed by atoms with van der Waals surface area (Å²) < 4.78 is 19.8. The number of fused-ring (bicyclic) bond motifs is 2. The van der Waals surface area contributed by atoms with Crippen LogP contribution in [0.5, 0.6) is 5.75 Å². The molecule has 10 nitrogen and oxygen atoms in total. The van der Waals surface area contributed by atoms with Gasteiger partial charge in [0.25, 0.3) is 5.91 Å². The average molecular weight is 615 g/mol. The Bertz CT molecular complexity index is 1170. The van der Waals surface area contributed by atoms with Gasteiger partial charge in [-0.3, -0.25) is 14.3 Å². The number of carbonyl (C=O) groups is 3. The Morgan fingerprint density at radius 1 is 1.16 bits per heavy atom. The van der Waals surface area contributed by atoms with Crippen molar-refractivity contribution in [2.75, 3.05) is 33.6 Å². The zero-order valence-electron chi connectivity index (χ0n) is 25.6. The molecule has 0 spiro atoms. The van der Waals surface area contributed by atoms with Gasteiger partial charge < -0.3 is 29.3 Å². The smallest absolute Gasteiger partial charge is 0.321 e. The molecule has 5 rings (SSSR count). The van der Waals surface area contributed by atoms with Gasteiger partial charge in [-0.25, -0.2) is 4.79 Å². The molecule has 2 N–H and O–H groups in total. The summed E-state index contributed by atoms with van der Waals surface area (Å²) in [5, 5.41) is 3.12. The number of carbonyl (C=O) groups excluding carboxylic acids is 3. The van der Waals surface area contributed by atoms with E-state index in [2.05, 4.69) is 29.1 Å². The number of amides is 4. The molecule has 1 aromatic rings. The van der Waals surface area contributed by atoms with Crippen LogP contribution in [0, 0.1) is 5.92 Å². The summed E-state index contributed by atoms with van der Waals surface area (Å²) in [5.41, 5.74) is -0.0222. The molecule has 0 unspecified atom stereocenters. The summed E-state index contributed by atoms with van der Waals surface area (Å²) in [6.07, 6.45) is 10.6. The van der Waals surface area contributed by atoms with Crippen molar-refractivity contribution in [2.45, 2.75) is 94.2 Å². The van der Waals surface area contributed by atoms with Crippen LogP contribution < -0.4 is 14.8 Å². The van der Waals surface area contributed by atoms with Gasteiger partial charge >= 0.3 is 6.03 Å². The average Bonchev–Trinajstić information content (AvgIpc) is 3.87. The number of benzene rings is 1. The van der Waals surface area contributed by atoms with Crippen LogP contribution in [0.2, 0.25) is 0 Å². The number of urea groups is 1. The molecule has 2 heterocycles. The first-order chi connectivity index (χ1) is 20.8. The number of hydrogen-bond donors (Lipinski definition) is 2. The van der Waals surface area contributed by atoms with Gasteiger partial charge in [0.2, 0.25) is 5.91 Å². The topological polar surface area (TPSA) is 109 Å². The maximum Gasteiger partial charge on any atom is 0.321 e. The minimum absolute atomic E-state index is 0.0729. The van der Waals surface area contributed by atoms with E-state index in [0.29, 0.717) is 32.5 Å². The lowest BCUT2D eigenvalue weighted by molar-refractivity contribution is -0.131. The van der Waals surface area contributed by atoms with Crippen molar-refractivity contribution < 1.29 is 28.6 Å². The summed E-state index contributed by atoms with van der Waals surface area (Å²) in [6.45, 7) is 5.91. The van der Waals surface area contributed by atoms with E-state index in [-0.39, 0.29) is 48.0 Å². The molecule has 2 saturated carbocycles. The highest BCUT2D eigenvalue weighted by atomic mass is 32.2. The second-order valence-electron chi connectivity index (χ2n) is 12.4. The van der Waals surface area contributed by atoms with Gasteiger partial charge in [-0.1, -0.05) is 30.7 Å². The molecule has 4 aliphatic rings. The Hall–Kier alpha value is -2.76. The van der Waals surface area contributed by atoms with Gasteiger partial charge in [-0.15, -0.1) is 0 Å². The molecule has 11 heteroatoms. The van der Waals surface area contributed by atoms with Gasteiger partial charge in [-0.2, -0.15) is 0 Å². The largest absolute Gasteiger partial charge is 0.497 e. The van der Waals surface area contributed by atoms with Crippen LogP contribution in [-0.4, -0.2) is 83.7 Å². The fourth-order valence-corrected chi connectivity index (χ4v) is 6.63. The quantitative estimate of drug-likeness (QED) is 0.174. The van der Waals surface area contributed by atoms with E-state index >= 15 is 0 Å². The fraction of sp³-hybridized carbons (Fsp3) is 0.656. The summed E-state index contributed by atoms with van der Waals surface area (Å²) in [5.74, 6) is 0.200. The zero-order valence-corrected chi connectivity index (χ0v) is 26.5. The van der Waals surface area contributed by atoms with E-state index in [0.717, 1.165) is 49.8 Å². The first-order valence-electron chi connectivity index (χ1n) is 15.6. The van der Waals surface area contributed by atoms with E-state index in [1.165, 1.54) is 11.9 Å². The number of nitrogens with one attached hydrogen (secondary N) is 2. The molecular weight excluding hydrogens is 568 g/mol. The normalized spacial score (nSPS) is 29.4. The van der Waals surface area contributed by atoms with Crippen LogP contribution in [-0.2, 0) is 25.6 Å². The van der Waals surface area contributed by atoms with Crippen LogP contribution in [0.15, 0.2) is 36.4 Å². The van der Waals surface area contributed by atoms with Gasteiger partial charge in [0, 0.05) is 43.3 Å². The number of rotatable bonds is 10. The van der Waals surface area contributed by atoms with Crippen molar-refractivity contribution in [3.63, 3.8) is 0 Å². The lowest BCUT2D eigenvalue weighted by Gasteiger charge is -2.32. The molecule has 2 aliphatic heterocycles. The molecule has 0 aromatic heterocycles. The molecule has 43 heavy (non-hydrogen) atoms. The first kappa shape index (κ1) is 31.7. The van der Waals surface area contributed by atoms with Crippen LogP contribution in [0.25, 0.3) is 0 Å². The maximum absolute atomic E-state index is 14.2. The molecule has 2 aliphatic carbocycles. The number of hydrogen-bond acceptors (Lipinski definition) is 7. The fourth-order valence-electron chi connectivity index (χ4n) is 5.81. The lowest BCUT2D eigenvalue weighted by atomic mass is 10.1. The monoisotopic (exact) mass is 614 g/mol. The molecule has 0 radical (unpaired) electrons. The summed E-state index contributed by atoms with van der Waals surface area (Å²) >= 11 is 1.46. The van der Waals surface area contributed by atoms with Gasteiger partial charge in [0.15, 0.2) is 0 Å². The Morgan fingerprint density at radius 2 is 1.95 bits per heavy atom. The molecule has 0 bridgehead atoms. The Kier molecular flexibility index (Phi) is 10.2. The van der Waals surface area contributed by atoms with Gasteiger partial charge in [-0.05, 0) is 82.0 Å². The van der Waals surface area contributed by atoms with E-state index in [1.807, 2.05) is 36.1 Å². The molecule has 3 fully saturated rings. The van der Waals surface area contributed by atoms with Crippen LogP contribution in [0.1, 0.15) is 70.8 Å². The SMILES string of the molecule is CCOCO[C@@H]1C[C@H]2C(=O)N[C@]3(C(=O)NSC4(C)CC4)C[C@H]3/C=C\CCCCCN(Cc3ccc(OC)cc3)C(=O)N2C1. The van der Waals surface area contributed by atoms with Crippen molar-refractivity contribution in [1.82, 2.24) is 19.8 Å². The highest BCUT2D eigenvalue weighted by Gasteiger charge is 2.61. The standard InChI is InChI=1S/C32H46N4O6S/c1-4-41-22-42-26-18-27-28(37)33-32(29(38)34-43-31(2)15-16-31)19-24(32)10-8-6-5-7-9-17-35(30(39)36(27)21-26)20-23-11-13-25(40-3)14-12-23/h8,10-14,24,26-27H,4-7,9,15-22H2,1-3H3,(H,33,37)(H,34,38)/b10-8-/t24-,26-,27+,32-/m1/s1. The van der Waals surface area contributed by atoms with E-state index in [1.54, 1.807) is 12.0 Å². The van der Waals surface area contributed by atoms with Crippen LogP contribution >= 0.6 is 11.9 Å². The van der Waals surface area contributed by atoms with Crippen LogP contribution in [0.4, 0.5) is 4.79 Å². The lowest BCUT2D eigenvalue weighted by Crippen LogP contribution is -2.56. The van der Waals surface area contributed by atoms with Crippen molar-refractivity contribution in [1.29, 1.82) is 0 Å². The third-order valence-electron chi connectivity index (χ3n) is 8.98. The maximum atomic E-state index is 14.2. The van der Waals surface area contributed by atoms with Gasteiger partial charge in [0.1, 0.15) is 24.1 Å². The summed E-state index contributed by atoms with van der Waals surface area (Å²) in [4.78, 5) is 45.2. The molecule has 1 aromatic carbocycles.